The second-order valence-corrected chi connectivity index (χ2v) is 9.89. The van der Waals surface area contributed by atoms with Crippen molar-refractivity contribution in [3.63, 3.8) is 0 Å². The Labute approximate surface area is 221 Å². The summed E-state index contributed by atoms with van der Waals surface area (Å²) in [4.78, 5) is 21.6. The summed E-state index contributed by atoms with van der Waals surface area (Å²) in [5.41, 5.74) is 9.68. The van der Waals surface area contributed by atoms with E-state index in [-0.39, 0.29) is 0 Å². The molecule has 8 nitrogen and oxygen atoms in total. The van der Waals surface area contributed by atoms with Crippen LogP contribution in [0, 0.1) is 0 Å². The van der Waals surface area contributed by atoms with Crippen LogP contribution in [-0.2, 0) is 14.1 Å². The third kappa shape index (κ3) is 3.53. The molecule has 0 saturated carbocycles. The van der Waals surface area contributed by atoms with Crippen molar-refractivity contribution in [3.05, 3.63) is 120 Å². The molecule has 0 unspecified atom stereocenters. The maximum Gasteiger partial charge on any atom is 0.297 e. The molecule has 2 N–H and O–H groups in total. The first-order valence-corrected chi connectivity index (χ1v) is 12.6. The van der Waals surface area contributed by atoms with Gasteiger partial charge in [-0.1, -0.05) is 0 Å². The van der Waals surface area contributed by atoms with Gasteiger partial charge in [0.05, 0.1) is 48.2 Å². The molecule has 7 heterocycles. The van der Waals surface area contributed by atoms with Crippen LogP contribution >= 0.6 is 0 Å². The number of hydrogen-bond acceptors (Lipinski definition) is 4. The second-order valence-electron chi connectivity index (χ2n) is 9.89. The minimum Gasteiger partial charge on any atom is -0.355 e. The molecule has 8 heteroatoms. The highest BCUT2D eigenvalue weighted by atomic mass is 15.3. The minimum atomic E-state index is 0.896. The van der Waals surface area contributed by atoms with Crippen molar-refractivity contribution in [2.45, 2.75) is 0 Å². The van der Waals surface area contributed by atoms with E-state index in [1.807, 2.05) is 0 Å². The quantitative estimate of drug-likeness (QED) is 0.588. The van der Waals surface area contributed by atoms with Gasteiger partial charge < -0.3 is 14.8 Å². The molecule has 0 aromatic carbocycles. The number of aliphatic imine (C=N–C) groups is 2. The minimum absolute atomic E-state index is 0.896. The van der Waals surface area contributed by atoms with Gasteiger partial charge in [-0.3, -0.25) is 0 Å². The lowest BCUT2D eigenvalue weighted by molar-refractivity contribution is -0.673. The molecule has 0 amide bonds. The average molecular weight is 501 g/mol. The van der Waals surface area contributed by atoms with E-state index in [2.05, 4.69) is 143 Å². The molecular weight excluding hydrogens is 472 g/mol. The lowest BCUT2D eigenvalue weighted by atomic mass is 10.1. The van der Waals surface area contributed by atoms with Crippen molar-refractivity contribution < 1.29 is 9.56 Å². The first-order chi connectivity index (χ1) is 18.4. The Hall–Kier alpha value is -4.98. The molecule has 0 aliphatic carbocycles. The van der Waals surface area contributed by atoms with Gasteiger partial charge in [0.2, 0.25) is 11.4 Å². The van der Waals surface area contributed by atoms with Gasteiger partial charge in [0.25, 0.3) is 5.82 Å². The van der Waals surface area contributed by atoms with Gasteiger partial charge in [0.1, 0.15) is 18.2 Å². The van der Waals surface area contributed by atoms with Crippen LogP contribution in [0.2, 0.25) is 0 Å². The van der Waals surface area contributed by atoms with E-state index < -0.39 is 0 Å². The highest BCUT2D eigenvalue weighted by Gasteiger charge is 2.31. The monoisotopic (exact) mass is 500 g/mol. The number of nitrogens with one attached hydrogen (secondary N) is 2. The molecule has 0 spiro atoms. The van der Waals surface area contributed by atoms with Crippen LogP contribution in [0.3, 0.4) is 0 Å². The van der Waals surface area contributed by atoms with E-state index in [9.17, 15) is 0 Å². The number of rotatable bonds is 1. The molecule has 0 saturated heterocycles. The van der Waals surface area contributed by atoms with Crippen LogP contribution in [0.25, 0.3) is 17.2 Å². The van der Waals surface area contributed by atoms with Crippen LogP contribution in [0.5, 0.6) is 0 Å². The molecule has 2 aromatic rings. The fraction of sp³-hybridized carbons (Fsp3) is 0.133. The predicted molar refractivity (Wildman–Crippen MR) is 150 cm³/mol. The maximum atomic E-state index is 5.04. The summed E-state index contributed by atoms with van der Waals surface area (Å²) in [6, 6.07) is 4.21. The zero-order valence-electron chi connectivity index (χ0n) is 21.8. The predicted octanol–water partition coefficient (Wildman–Crippen LogP) is 1.96. The lowest BCUT2D eigenvalue weighted by Crippen LogP contribution is -2.68. The zero-order chi connectivity index (χ0) is 26.0. The first kappa shape index (κ1) is 22.2. The highest BCUT2D eigenvalue weighted by molar-refractivity contribution is 6.32. The summed E-state index contributed by atoms with van der Waals surface area (Å²) in [5.74, 6) is 2.13. The molecule has 38 heavy (non-hydrogen) atoms. The van der Waals surface area contributed by atoms with Gasteiger partial charge in [-0.15, -0.1) is 0 Å². The molecular formula is C30H28N8+2. The van der Waals surface area contributed by atoms with Gasteiger partial charge in [-0.25, -0.2) is 24.1 Å². The van der Waals surface area contributed by atoms with E-state index in [1.165, 1.54) is 0 Å². The summed E-state index contributed by atoms with van der Waals surface area (Å²) in [7, 11) is 8.24. The van der Waals surface area contributed by atoms with Crippen molar-refractivity contribution in [2.24, 2.45) is 24.1 Å². The molecule has 7 rings (SSSR count). The van der Waals surface area contributed by atoms with Crippen LogP contribution < -0.4 is 9.56 Å². The second kappa shape index (κ2) is 8.27. The number of hydrogen-bond donors (Lipinski definition) is 2. The Morgan fingerprint density at radius 2 is 1.53 bits per heavy atom. The lowest BCUT2D eigenvalue weighted by Gasteiger charge is -2.22. The molecule has 5 aliphatic rings. The summed E-state index contributed by atoms with van der Waals surface area (Å²) in [6.45, 7) is 0. The van der Waals surface area contributed by atoms with Crippen molar-refractivity contribution >= 4 is 34.4 Å². The van der Waals surface area contributed by atoms with E-state index in [0.29, 0.717) is 0 Å². The standard InChI is InChI=1S/C30H27N8/c1-35-13-14-36(2)29(35)27-23-9-5-19(31-23)17-21-7-11-25(33-21)28(30-37(3)15-16-38(30)4)26-12-8-22(34-26)18-20-6-10-24(27)32-20/h5-18,31H,1-4H3/q+1/p+1. The number of nitrogens with zero attached hydrogens (tertiary/aromatic N) is 6. The third-order valence-electron chi connectivity index (χ3n) is 7.21. The van der Waals surface area contributed by atoms with Crippen molar-refractivity contribution in [1.82, 2.24) is 19.4 Å². The SMILES string of the molecule is CN1C=CN(C)C1=C1C2=NC(=CC3=[NH+]C(=C(c4n(C)cc[n+]4C)C4=NC(=Cc5ccc1[nH]5)C=C4)C=C3)C=C2. The Kier molecular flexibility index (Phi) is 4.84. The van der Waals surface area contributed by atoms with Crippen LogP contribution in [-0.4, -0.2) is 50.6 Å². The number of aromatic amines is 1. The smallest absolute Gasteiger partial charge is 0.297 e. The summed E-state index contributed by atoms with van der Waals surface area (Å²) in [6.07, 6.45) is 24.9. The average Bonchev–Trinajstić information content (AvgIpc) is 3.73. The van der Waals surface area contributed by atoms with Crippen molar-refractivity contribution in [2.75, 3.05) is 14.1 Å². The third-order valence-corrected chi connectivity index (χ3v) is 7.21. The van der Waals surface area contributed by atoms with E-state index in [1.54, 1.807) is 0 Å². The van der Waals surface area contributed by atoms with Crippen LogP contribution in [0.1, 0.15) is 17.2 Å². The fourth-order valence-corrected chi connectivity index (χ4v) is 5.43. The van der Waals surface area contributed by atoms with Crippen LogP contribution in [0.15, 0.2) is 112 Å². The molecule has 0 radical (unpaired) electrons. The molecule has 186 valence electrons. The van der Waals surface area contributed by atoms with Gasteiger partial charge in [-0.05, 0) is 42.5 Å². The summed E-state index contributed by atoms with van der Waals surface area (Å²) in [5, 5.41) is 0. The van der Waals surface area contributed by atoms with Crippen LogP contribution in [0.4, 0.5) is 0 Å². The maximum absolute atomic E-state index is 5.04. The molecule has 5 aliphatic heterocycles. The molecule has 0 fully saturated rings. The van der Waals surface area contributed by atoms with Gasteiger partial charge in [-0.2, -0.15) is 0 Å². The van der Waals surface area contributed by atoms with E-state index >= 15 is 0 Å². The summed E-state index contributed by atoms with van der Waals surface area (Å²) >= 11 is 0. The number of fused-ring (bicyclic) bond motifs is 5. The molecule has 2 aromatic heterocycles. The number of imidazole rings is 1. The topological polar surface area (TPSA) is 69.8 Å². The number of aryl methyl sites for hydroxylation is 2. The number of H-pyrrole nitrogens is 1. The van der Waals surface area contributed by atoms with Gasteiger partial charge in [0.15, 0.2) is 5.57 Å². The van der Waals surface area contributed by atoms with E-state index in [0.717, 1.165) is 68.4 Å². The Morgan fingerprint density at radius 3 is 2.24 bits per heavy atom. The number of aromatic nitrogens is 3. The Morgan fingerprint density at radius 1 is 0.816 bits per heavy atom. The fourth-order valence-electron chi connectivity index (χ4n) is 5.43. The molecule has 8 bridgehead atoms. The van der Waals surface area contributed by atoms with Crippen molar-refractivity contribution in [1.29, 1.82) is 0 Å². The Balaban J connectivity index is 1.47. The largest absolute Gasteiger partial charge is 0.355 e. The Bertz CT molecular complexity index is 1720. The van der Waals surface area contributed by atoms with Gasteiger partial charge >= 0.3 is 0 Å². The summed E-state index contributed by atoms with van der Waals surface area (Å²) < 4.78 is 4.25. The van der Waals surface area contributed by atoms with Crippen molar-refractivity contribution in [3.8, 4) is 0 Å². The first-order valence-electron chi connectivity index (χ1n) is 12.6. The van der Waals surface area contributed by atoms with E-state index in [4.69, 9.17) is 9.98 Å². The zero-order valence-corrected chi connectivity index (χ0v) is 21.8. The normalized spacial score (nSPS) is 19.6. The molecule has 0 atom stereocenters. The number of allylic oxidation sites excluding steroid dienone is 9. The van der Waals surface area contributed by atoms with Gasteiger partial charge in [0, 0.05) is 50.4 Å². The highest BCUT2D eigenvalue weighted by Crippen LogP contribution is 2.31.